The number of halogens is 1. The van der Waals surface area contributed by atoms with E-state index in [0.717, 1.165) is 17.1 Å². The zero-order chi connectivity index (χ0) is 18.9. The lowest BCUT2D eigenvalue weighted by atomic mass is 10.2. The first-order chi connectivity index (χ1) is 12.3. The maximum atomic E-state index is 12.8. The number of amides is 1. The highest BCUT2D eigenvalue weighted by Gasteiger charge is 2.23. The summed E-state index contributed by atoms with van der Waals surface area (Å²) in [6, 6.07) is 9.97. The molecular formula is C18H19ClN2O3S2. The predicted octanol–water partition coefficient (Wildman–Crippen LogP) is 4.30. The van der Waals surface area contributed by atoms with Gasteiger partial charge in [-0.2, -0.15) is 0 Å². The Kier molecular flexibility index (Phi) is 5.50. The zero-order valence-corrected chi connectivity index (χ0v) is 16.8. The summed E-state index contributed by atoms with van der Waals surface area (Å²) in [5.41, 5.74) is 1.74. The van der Waals surface area contributed by atoms with Crippen LogP contribution >= 0.6 is 23.4 Å². The van der Waals surface area contributed by atoms with Gasteiger partial charge in [-0.3, -0.25) is 9.52 Å². The minimum Gasteiger partial charge on any atom is -0.311 e. The zero-order valence-electron chi connectivity index (χ0n) is 14.5. The summed E-state index contributed by atoms with van der Waals surface area (Å²) in [4.78, 5) is 14.7. The average Bonchev–Trinajstić information content (AvgIpc) is 2.80. The van der Waals surface area contributed by atoms with Crippen LogP contribution in [0, 0.1) is 6.92 Å². The van der Waals surface area contributed by atoms with Gasteiger partial charge in [-0.15, -0.1) is 11.8 Å². The molecule has 2 aromatic carbocycles. The number of anilines is 2. The summed E-state index contributed by atoms with van der Waals surface area (Å²) >= 11 is 7.71. The van der Waals surface area contributed by atoms with Crippen LogP contribution in [0.15, 0.2) is 46.2 Å². The molecule has 8 heteroatoms. The molecule has 0 spiro atoms. The third kappa shape index (κ3) is 3.84. The molecule has 0 saturated heterocycles. The lowest BCUT2D eigenvalue weighted by Crippen LogP contribution is -2.29. The van der Waals surface area contributed by atoms with E-state index >= 15 is 0 Å². The summed E-state index contributed by atoms with van der Waals surface area (Å²) in [6.45, 7) is 3.83. The molecule has 1 aliphatic rings. The van der Waals surface area contributed by atoms with Crippen LogP contribution in [0.5, 0.6) is 0 Å². The summed E-state index contributed by atoms with van der Waals surface area (Å²) in [5.74, 6) is 0.796. The van der Waals surface area contributed by atoms with E-state index in [2.05, 4.69) is 4.72 Å². The molecular weight excluding hydrogens is 392 g/mol. The minimum atomic E-state index is -3.80. The second kappa shape index (κ2) is 7.50. The van der Waals surface area contributed by atoms with Crippen molar-refractivity contribution in [2.75, 3.05) is 21.9 Å². The van der Waals surface area contributed by atoms with E-state index in [1.165, 1.54) is 6.92 Å². The molecule has 0 aliphatic carbocycles. The number of rotatable bonds is 3. The molecule has 0 fully saturated rings. The van der Waals surface area contributed by atoms with Crippen molar-refractivity contribution >= 4 is 50.7 Å². The molecule has 3 rings (SSSR count). The van der Waals surface area contributed by atoms with Crippen LogP contribution in [0.25, 0.3) is 0 Å². The first-order valence-electron chi connectivity index (χ1n) is 8.12. The Balaban J connectivity index is 2.01. The second-order valence-corrected chi connectivity index (χ2v) is 9.25. The van der Waals surface area contributed by atoms with Crippen molar-refractivity contribution in [2.45, 2.75) is 30.1 Å². The number of benzene rings is 2. The van der Waals surface area contributed by atoms with E-state index in [9.17, 15) is 13.2 Å². The van der Waals surface area contributed by atoms with Gasteiger partial charge in [0.25, 0.3) is 10.0 Å². The fourth-order valence-corrected chi connectivity index (χ4v) is 5.06. The minimum absolute atomic E-state index is 0.0954. The smallest absolute Gasteiger partial charge is 0.261 e. The molecule has 1 amide bonds. The molecule has 1 heterocycles. The highest BCUT2D eigenvalue weighted by atomic mass is 35.5. The Morgan fingerprint density at radius 1 is 1.27 bits per heavy atom. The van der Waals surface area contributed by atoms with Crippen molar-refractivity contribution in [2.24, 2.45) is 0 Å². The van der Waals surface area contributed by atoms with Gasteiger partial charge >= 0.3 is 0 Å². The normalized spacial score (nSPS) is 14.5. The Morgan fingerprint density at radius 3 is 2.77 bits per heavy atom. The fraction of sp³-hybridized carbons (Fsp3) is 0.278. The average molecular weight is 411 g/mol. The number of hydrogen-bond donors (Lipinski definition) is 1. The topological polar surface area (TPSA) is 66.5 Å². The lowest BCUT2D eigenvalue weighted by molar-refractivity contribution is -0.116. The van der Waals surface area contributed by atoms with Gasteiger partial charge in [-0.05, 0) is 55.0 Å². The van der Waals surface area contributed by atoms with Crippen LogP contribution in [-0.2, 0) is 14.8 Å². The third-order valence-electron chi connectivity index (χ3n) is 4.21. The molecule has 0 saturated carbocycles. The molecule has 0 unspecified atom stereocenters. The molecule has 138 valence electrons. The molecule has 5 nitrogen and oxygen atoms in total. The summed E-state index contributed by atoms with van der Waals surface area (Å²) in [6.07, 6.45) is 0.862. The van der Waals surface area contributed by atoms with E-state index in [1.807, 2.05) is 0 Å². The first kappa shape index (κ1) is 19.1. The molecule has 0 atom stereocenters. The second-order valence-electron chi connectivity index (χ2n) is 6.02. The number of nitrogens with zero attached hydrogens (tertiary/aromatic N) is 1. The lowest BCUT2D eigenvalue weighted by Gasteiger charge is -2.21. The van der Waals surface area contributed by atoms with E-state index in [0.29, 0.717) is 28.5 Å². The fourth-order valence-electron chi connectivity index (χ4n) is 2.77. The Hall–Kier alpha value is -1.70. The molecule has 1 aliphatic heterocycles. The van der Waals surface area contributed by atoms with Gasteiger partial charge in [0.2, 0.25) is 5.91 Å². The highest BCUT2D eigenvalue weighted by molar-refractivity contribution is 7.99. The SMILES string of the molecule is CC(=O)N1CCCSc2ccc(S(=O)(=O)Nc3cccc(Cl)c3C)cc21. The van der Waals surface area contributed by atoms with Crippen LogP contribution in [0.1, 0.15) is 18.9 Å². The molecule has 0 aromatic heterocycles. The molecule has 26 heavy (non-hydrogen) atoms. The quantitative estimate of drug-likeness (QED) is 0.819. The van der Waals surface area contributed by atoms with Crippen LogP contribution in [-0.4, -0.2) is 26.6 Å². The molecule has 0 radical (unpaired) electrons. The van der Waals surface area contributed by atoms with Gasteiger partial charge in [0.15, 0.2) is 0 Å². The van der Waals surface area contributed by atoms with Crippen LogP contribution in [0.3, 0.4) is 0 Å². The molecule has 0 bridgehead atoms. The van der Waals surface area contributed by atoms with Crippen LogP contribution in [0.4, 0.5) is 11.4 Å². The summed E-state index contributed by atoms with van der Waals surface area (Å²) in [7, 11) is -3.80. The predicted molar refractivity (Wildman–Crippen MR) is 107 cm³/mol. The monoisotopic (exact) mass is 410 g/mol. The number of thioether (sulfide) groups is 1. The van der Waals surface area contributed by atoms with Crippen molar-refractivity contribution in [3.63, 3.8) is 0 Å². The maximum Gasteiger partial charge on any atom is 0.261 e. The third-order valence-corrected chi connectivity index (χ3v) is 7.13. The van der Waals surface area contributed by atoms with Gasteiger partial charge in [0, 0.05) is 23.4 Å². The van der Waals surface area contributed by atoms with E-state index in [-0.39, 0.29) is 10.8 Å². The van der Waals surface area contributed by atoms with Gasteiger partial charge in [0.05, 0.1) is 16.3 Å². The van der Waals surface area contributed by atoms with Gasteiger partial charge in [-0.25, -0.2) is 8.42 Å². The number of carbonyl (C=O) groups excluding carboxylic acids is 1. The number of sulfonamides is 1. The van der Waals surface area contributed by atoms with Crippen molar-refractivity contribution in [1.82, 2.24) is 0 Å². The Bertz CT molecular complexity index is 961. The molecule has 1 N–H and O–H groups in total. The van der Waals surface area contributed by atoms with Crippen molar-refractivity contribution in [1.29, 1.82) is 0 Å². The Labute approximate surface area is 162 Å². The first-order valence-corrected chi connectivity index (χ1v) is 11.0. The van der Waals surface area contributed by atoms with Gasteiger partial charge in [-0.1, -0.05) is 17.7 Å². The highest BCUT2D eigenvalue weighted by Crippen LogP contribution is 2.36. The standard InChI is InChI=1S/C18H19ClN2O3S2/c1-12-15(19)5-3-6-16(12)20-26(23,24)14-7-8-18-17(11-14)21(13(2)22)9-4-10-25-18/h3,5-8,11,20H,4,9-10H2,1-2H3. The number of fused-ring (bicyclic) bond motifs is 1. The van der Waals surface area contributed by atoms with Crippen molar-refractivity contribution < 1.29 is 13.2 Å². The number of carbonyl (C=O) groups is 1. The van der Waals surface area contributed by atoms with Crippen LogP contribution in [0.2, 0.25) is 5.02 Å². The number of nitrogens with one attached hydrogen (secondary N) is 1. The summed E-state index contributed by atoms with van der Waals surface area (Å²) in [5, 5.41) is 0.492. The molecule has 2 aromatic rings. The van der Waals surface area contributed by atoms with E-state index in [1.54, 1.807) is 60.0 Å². The van der Waals surface area contributed by atoms with Gasteiger partial charge < -0.3 is 4.90 Å². The largest absolute Gasteiger partial charge is 0.311 e. The number of hydrogen-bond acceptors (Lipinski definition) is 4. The Morgan fingerprint density at radius 2 is 2.04 bits per heavy atom. The summed E-state index contributed by atoms with van der Waals surface area (Å²) < 4.78 is 28.3. The maximum absolute atomic E-state index is 12.8. The van der Waals surface area contributed by atoms with Crippen molar-refractivity contribution in [3.8, 4) is 0 Å². The van der Waals surface area contributed by atoms with Crippen molar-refractivity contribution in [3.05, 3.63) is 47.0 Å². The van der Waals surface area contributed by atoms with E-state index < -0.39 is 10.0 Å². The van der Waals surface area contributed by atoms with Crippen LogP contribution < -0.4 is 9.62 Å². The van der Waals surface area contributed by atoms with Gasteiger partial charge in [0.1, 0.15) is 0 Å². The van der Waals surface area contributed by atoms with E-state index in [4.69, 9.17) is 11.6 Å².